The molecule has 0 spiro atoms. The topological polar surface area (TPSA) is 82.0 Å². The van der Waals surface area contributed by atoms with E-state index >= 15 is 0 Å². The molecule has 4 unspecified atom stereocenters. The Morgan fingerprint density at radius 2 is 2.35 bits per heavy atom. The molecule has 2 aliphatic heterocycles. The number of nitrogens with one attached hydrogen (secondary N) is 1. The number of ether oxygens (including phenoxy) is 1. The van der Waals surface area contributed by atoms with Gasteiger partial charge in [0.05, 0.1) is 6.61 Å². The van der Waals surface area contributed by atoms with Crippen LogP contribution in [-0.2, 0) is 9.53 Å². The van der Waals surface area contributed by atoms with E-state index in [1.165, 1.54) is 6.20 Å². The summed E-state index contributed by atoms with van der Waals surface area (Å²) in [7, 11) is 0. The van der Waals surface area contributed by atoms with Gasteiger partial charge in [0.25, 0.3) is 0 Å². The molecule has 1 fully saturated rings. The van der Waals surface area contributed by atoms with Crippen molar-refractivity contribution in [3.8, 4) is 0 Å². The van der Waals surface area contributed by atoms with E-state index in [4.69, 9.17) is 9.84 Å². The van der Waals surface area contributed by atoms with Crippen molar-refractivity contribution in [1.29, 1.82) is 0 Å². The van der Waals surface area contributed by atoms with Gasteiger partial charge in [0.1, 0.15) is 6.10 Å². The molecule has 7 heteroatoms. The van der Waals surface area contributed by atoms with Crippen LogP contribution >= 0.6 is 0 Å². The second kappa shape index (κ2) is 4.44. The van der Waals surface area contributed by atoms with Crippen LogP contribution in [0.15, 0.2) is 24.4 Å². The second-order valence-corrected chi connectivity index (χ2v) is 3.82. The van der Waals surface area contributed by atoms with Crippen molar-refractivity contribution in [3.63, 3.8) is 0 Å². The summed E-state index contributed by atoms with van der Waals surface area (Å²) in [6.07, 6.45) is -2.41. The van der Waals surface area contributed by atoms with Crippen LogP contribution in [-0.4, -0.2) is 52.5 Å². The minimum absolute atomic E-state index is 0.120. The maximum atomic E-state index is 13.8. The molecule has 3 N–H and O–H groups in total. The van der Waals surface area contributed by atoms with E-state index < -0.39 is 30.8 Å². The first kappa shape index (κ1) is 12.0. The molecule has 0 saturated carbocycles. The number of rotatable bonds is 2. The summed E-state index contributed by atoms with van der Waals surface area (Å²) in [6, 6.07) is 0. The van der Waals surface area contributed by atoms with Crippen LogP contribution in [0, 0.1) is 0 Å². The van der Waals surface area contributed by atoms with Gasteiger partial charge in [-0.15, -0.1) is 0 Å². The van der Waals surface area contributed by atoms with Crippen molar-refractivity contribution < 1.29 is 24.1 Å². The lowest BCUT2D eigenvalue weighted by molar-refractivity contribution is -0.147. The summed E-state index contributed by atoms with van der Waals surface area (Å²) in [5.74, 6) is -0.473. The van der Waals surface area contributed by atoms with Crippen LogP contribution in [0.3, 0.4) is 0 Å². The zero-order chi connectivity index (χ0) is 12.6. The van der Waals surface area contributed by atoms with E-state index in [1.807, 2.05) is 0 Å². The number of aliphatic hydroxyl groups excluding tert-OH is 2. The lowest BCUT2D eigenvalue weighted by Crippen LogP contribution is -2.54. The molecular formula is C10H13FN2O4. The normalized spacial score (nSPS) is 37.5. The molecule has 6 nitrogen and oxygen atoms in total. The average molecular weight is 244 g/mol. The fraction of sp³-hybridized carbons (Fsp3) is 0.500. The van der Waals surface area contributed by atoms with Gasteiger partial charge in [0.2, 0.25) is 12.3 Å². The van der Waals surface area contributed by atoms with E-state index in [1.54, 1.807) is 0 Å². The van der Waals surface area contributed by atoms with Crippen LogP contribution < -0.4 is 5.32 Å². The molecule has 0 aromatic heterocycles. The van der Waals surface area contributed by atoms with Crippen LogP contribution in [0.25, 0.3) is 0 Å². The molecule has 1 amide bonds. The molecule has 0 aromatic carbocycles. The first-order chi connectivity index (χ1) is 8.04. The number of alkyl halides is 1. The lowest BCUT2D eigenvalue weighted by Gasteiger charge is -2.34. The van der Waals surface area contributed by atoms with Gasteiger partial charge in [-0.05, 0) is 5.57 Å². The van der Waals surface area contributed by atoms with Crippen molar-refractivity contribution in [3.05, 3.63) is 24.4 Å². The molecular weight excluding hydrogens is 231 g/mol. The number of carbonyl (C=O) groups is 1. The van der Waals surface area contributed by atoms with Gasteiger partial charge >= 0.3 is 0 Å². The highest BCUT2D eigenvalue weighted by molar-refractivity contribution is 5.88. The number of amides is 1. The van der Waals surface area contributed by atoms with Crippen molar-refractivity contribution >= 4 is 5.91 Å². The Labute approximate surface area is 97.0 Å². The number of carbonyl (C=O) groups excluding carboxylic acids is 1. The van der Waals surface area contributed by atoms with Gasteiger partial charge in [-0.1, -0.05) is 6.58 Å². The maximum Gasteiger partial charge on any atom is 0.248 e. The molecule has 4 atom stereocenters. The maximum absolute atomic E-state index is 13.8. The molecule has 0 radical (unpaired) electrons. The van der Waals surface area contributed by atoms with E-state index in [0.717, 1.165) is 11.0 Å². The monoisotopic (exact) mass is 244 g/mol. The molecule has 0 bridgehead atoms. The van der Waals surface area contributed by atoms with Crippen molar-refractivity contribution in [1.82, 2.24) is 10.2 Å². The molecule has 17 heavy (non-hydrogen) atoms. The molecule has 2 heterocycles. The Morgan fingerprint density at radius 3 is 2.88 bits per heavy atom. The summed E-state index contributed by atoms with van der Waals surface area (Å²) in [5, 5.41) is 20.7. The molecule has 94 valence electrons. The zero-order valence-electron chi connectivity index (χ0n) is 8.91. The first-order valence-electron chi connectivity index (χ1n) is 5.08. The van der Waals surface area contributed by atoms with Gasteiger partial charge < -0.3 is 25.2 Å². The Balaban J connectivity index is 2.16. The standard InChI is InChI=1S/C10H13FN2O4/c1-5-6(4-14)17-9(8(5)11)13-3-2-7(15)12-10(13)16/h2-3,6,8-10,14,16H,1,4H2,(H,12,15). The third-order valence-electron chi connectivity index (χ3n) is 2.73. The Hall–Kier alpha value is -1.44. The highest BCUT2D eigenvalue weighted by atomic mass is 19.1. The third-order valence-corrected chi connectivity index (χ3v) is 2.73. The molecule has 0 aliphatic carbocycles. The first-order valence-corrected chi connectivity index (χ1v) is 5.08. The Kier molecular flexibility index (Phi) is 3.14. The highest BCUT2D eigenvalue weighted by Crippen LogP contribution is 2.31. The number of halogens is 1. The van der Waals surface area contributed by atoms with Crippen molar-refractivity contribution in [2.45, 2.75) is 24.9 Å². The summed E-state index contributed by atoms with van der Waals surface area (Å²) in [4.78, 5) is 12.0. The van der Waals surface area contributed by atoms with E-state index in [0.29, 0.717) is 0 Å². The summed E-state index contributed by atoms with van der Waals surface area (Å²) < 4.78 is 19.1. The van der Waals surface area contributed by atoms with Crippen LogP contribution in [0.1, 0.15) is 0 Å². The minimum Gasteiger partial charge on any atom is -0.393 e. The lowest BCUT2D eigenvalue weighted by atomic mass is 10.1. The SMILES string of the molecule is C=C1C(CO)OC(N2C=CC(=O)NC2O)C1F. The minimum atomic E-state index is -1.54. The molecule has 1 saturated heterocycles. The van der Waals surface area contributed by atoms with Gasteiger partial charge in [0, 0.05) is 12.3 Å². The zero-order valence-corrected chi connectivity index (χ0v) is 8.91. The molecule has 0 aromatic rings. The number of aliphatic hydroxyl groups is 2. The van der Waals surface area contributed by atoms with Crippen LogP contribution in [0.4, 0.5) is 4.39 Å². The van der Waals surface area contributed by atoms with E-state index in [2.05, 4.69) is 11.9 Å². The highest BCUT2D eigenvalue weighted by Gasteiger charge is 2.43. The Morgan fingerprint density at radius 1 is 1.65 bits per heavy atom. The van der Waals surface area contributed by atoms with Crippen molar-refractivity contribution in [2.75, 3.05) is 6.61 Å². The van der Waals surface area contributed by atoms with E-state index in [-0.39, 0.29) is 12.2 Å². The summed E-state index contributed by atoms with van der Waals surface area (Å²) in [5.41, 5.74) is 0.120. The van der Waals surface area contributed by atoms with Gasteiger partial charge in [-0.2, -0.15) is 0 Å². The van der Waals surface area contributed by atoms with E-state index in [9.17, 15) is 14.3 Å². The Bertz CT molecular complexity index is 373. The molecule has 2 aliphatic rings. The third kappa shape index (κ3) is 2.04. The van der Waals surface area contributed by atoms with Crippen LogP contribution in [0.5, 0.6) is 0 Å². The summed E-state index contributed by atoms with van der Waals surface area (Å²) in [6.45, 7) is 3.11. The fourth-order valence-corrected chi connectivity index (χ4v) is 1.78. The average Bonchev–Trinajstić information content (AvgIpc) is 2.57. The predicted molar refractivity (Wildman–Crippen MR) is 54.9 cm³/mol. The number of hydrogen-bond acceptors (Lipinski definition) is 5. The predicted octanol–water partition coefficient (Wildman–Crippen LogP) is -1.18. The summed E-state index contributed by atoms with van der Waals surface area (Å²) >= 11 is 0. The quantitative estimate of drug-likeness (QED) is 0.533. The number of nitrogens with zero attached hydrogens (tertiary/aromatic N) is 1. The van der Waals surface area contributed by atoms with Gasteiger partial charge in [0.15, 0.2) is 12.4 Å². The van der Waals surface area contributed by atoms with Gasteiger partial charge in [-0.25, -0.2) is 4.39 Å². The number of hydrogen-bond donors (Lipinski definition) is 3. The smallest absolute Gasteiger partial charge is 0.248 e. The van der Waals surface area contributed by atoms with Gasteiger partial charge in [-0.3, -0.25) is 4.79 Å². The largest absolute Gasteiger partial charge is 0.393 e. The van der Waals surface area contributed by atoms with Crippen molar-refractivity contribution in [2.24, 2.45) is 0 Å². The fourth-order valence-electron chi connectivity index (χ4n) is 1.78. The second-order valence-electron chi connectivity index (χ2n) is 3.82. The van der Waals surface area contributed by atoms with Crippen LogP contribution in [0.2, 0.25) is 0 Å². The molecule has 2 rings (SSSR count).